The summed E-state index contributed by atoms with van der Waals surface area (Å²) in [5.74, 6) is 1.72. The van der Waals surface area contributed by atoms with Gasteiger partial charge >= 0.3 is 0 Å². The molecule has 1 aromatic heterocycles. The number of guanidine groups is 1. The molecule has 1 saturated heterocycles. The minimum absolute atomic E-state index is 0.0476. The molecule has 0 radical (unpaired) electrons. The van der Waals surface area contributed by atoms with Crippen LogP contribution in [0.25, 0.3) is 11.4 Å². The second-order valence-corrected chi connectivity index (χ2v) is 7.25. The number of nitrogens with one attached hydrogen (secondary N) is 3. The molecule has 0 spiro atoms. The van der Waals surface area contributed by atoms with Crippen LogP contribution in [0.15, 0.2) is 33.8 Å². The van der Waals surface area contributed by atoms with Gasteiger partial charge in [0, 0.05) is 43.8 Å². The number of aliphatic imine (C=N–C) groups is 1. The van der Waals surface area contributed by atoms with E-state index < -0.39 is 0 Å². The number of likely N-dealkylation sites (tertiary alicyclic amines) is 1. The molecule has 1 amide bonds. The second-order valence-electron chi connectivity index (χ2n) is 6.81. The summed E-state index contributed by atoms with van der Waals surface area (Å²) in [5.41, 5.74) is 0.843. The number of carbonyl (C=O) groups is 1. The molecule has 2 heterocycles. The molecule has 1 aromatic carbocycles. The molecule has 2 aromatic rings. The Bertz CT molecular complexity index is 829. The molecule has 3 rings (SSSR count). The molecule has 0 aliphatic carbocycles. The molecular formula is C19H26ClN7O2. The Balaban J connectivity index is 1.45. The number of carbonyl (C=O) groups excluding carboxylic acids is 1. The maximum Gasteiger partial charge on any atom is 0.246 e. The van der Waals surface area contributed by atoms with Gasteiger partial charge in [-0.1, -0.05) is 16.8 Å². The summed E-state index contributed by atoms with van der Waals surface area (Å²) in [5, 5.41) is 13.9. The van der Waals surface area contributed by atoms with E-state index in [0.717, 1.165) is 31.5 Å². The maximum absolute atomic E-state index is 11.5. The molecule has 1 aliphatic rings. The van der Waals surface area contributed by atoms with Crippen LogP contribution in [0.1, 0.15) is 18.7 Å². The highest BCUT2D eigenvalue weighted by Crippen LogP contribution is 2.18. The first-order valence-corrected chi connectivity index (χ1v) is 9.94. The second kappa shape index (κ2) is 10.2. The van der Waals surface area contributed by atoms with E-state index in [4.69, 9.17) is 16.1 Å². The van der Waals surface area contributed by atoms with E-state index in [-0.39, 0.29) is 5.91 Å². The number of halogens is 1. The van der Waals surface area contributed by atoms with Gasteiger partial charge in [-0.05, 0) is 37.1 Å². The largest absolute Gasteiger partial charge is 0.358 e. The van der Waals surface area contributed by atoms with Crippen LogP contribution in [0.4, 0.5) is 0 Å². The first-order valence-electron chi connectivity index (χ1n) is 9.56. The number of hydrogen-bond acceptors (Lipinski definition) is 6. The molecule has 0 unspecified atom stereocenters. The van der Waals surface area contributed by atoms with Gasteiger partial charge in [-0.2, -0.15) is 4.98 Å². The maximum atomic E-state index is 11.5. The highest BCUT2D eigenvalue weighted by Gasteiger charge is 2.21. The number of nitrogens with zero attached hydrogens (tertiary/aromatic N) is 4. The Morgan fingerprint density at radius 1 is 1.31 bits per heavy atom. The van der Waals surface area contributed by atoms with E-state index in [0.29, 0.717) is 41.8 Å². The van der Waals surface area contributed by atoms with Crippen LogP contribution < -0.4 is 16.0 Å². The minimum atomic E-state index is 0.0476. The van der Waals surface area contributed by atoms with Gasteiger partial charge in [0.25, 0.3) is 0 Å². The highest BCUT2D eigenvalue weighted by molar-refractivity contribution is 6.30. The van der Waals surface area contributed by atoms with Crippen molar-refractivity contribution in [3.63, 3.8) is 0 Å². The number of likely N-dealkylation sites (N-methyl/N-ethyl adjacent to an activating group) is 1. The standard InChI is InChI=1S/C19H26ClN7O2/c1-21-16(28)12-27-9-7-15(8-10-27)24-19(22-2)23-11-17-25-18(26-29-17)13-3-5-14(20)6-4-13/h3-6,15H,7-12H2,1-2H3,(H,21,28)(H2,22,23,24). The topological polar surface area (TPSA) is 108 Å². The quantitative estimate of drug-likeness (QED) is 0.478. The zero-order valence-electron chi connectivity index (χ0n) is 16.6. The highest BCUT2D eigenvalue weighted by atomic mass is 35.5. The van der Waals surface area contributed by atoms with Crippen molar-refractivity contribution in [2.75, 3.05) is 33.7 Å². The molecule has 0 atom stereocenters. The van der Waals surface area contributed by atoms with Gasteiger partial charge in [0.2, 0.25) is 17.6 Å². The van der Waals surface area contributed by atoms with Gasteiger partial charge in [0.15, 0.2) is 5.96 Å². The molecule has 3 N–H and O–H groups in total. The third kappa shape index (κ3) is 6.16. The van der Waals surface area contributed by atoms with E-state index >= 15 is 0 Å². The van der Waals surface area contributed by atoms with E-state index in [9.17, 15) is 4.79 Å². The van der Waals surface area contributed by atoms with Gasteiger partial charge in [-0.15, -0.1) is 0 Å². The Morgan fingerprint density at radius 2 is 2.03 bits per heavy atom. The van der Waals surface area contributed by atoms with Crippen molar-refractivity contribution in [2.24, 2.45) is 4.99 Å². The van der Waals surface area contributed by atoms with Crippen molar-refractivity contribution in [2.45, 2.75) is 25.4 Å². The van der Waals surface area contributed by atoms with Crippen LogP contribution in [-0.2, 0) is 11.3 Å². The zero-order chi connectivity index (χ0) is 20.6. The van der Waals surface area contributed by atoms with E-state index in [1.807, 2.05) is 12.1 Å². The van der Waals surface area contributed by atoms with Crippen LogP contribution in [-0.4, -0.2) is 66.7 Å². The van der Waals surface area contributed by atoms with Crippen molar-refractivity contribution >= 4 is 23.5 Å². The summed E-state index contributed by atoms with van der Waals surface area (Å²) >= 11 is 5.91. The molecule has 156 valence electrons. The average Bonchev–Trinajstić information content (AvgIpc) is 3.21. The predicted octanol–water partition coefficient (Wildman–Crippen LogP) is 1.27. The van der Waals surface area contributed by atoms with E-state index in [2.05, 4.69) is 36.0 Å². The van der Waals surface area contributed by atoms with Crippen molar-refractivity contribution in [1.82, 2.24) is 31.0 Å². The van der Waals surface area contributed by atoms with Crippen LogP contribution in [0.3, 0.4) is 0 Å². The monoisotopic (exact) mass is 419 g/mol. The van der Waals surface area contributed by atoms with E-state index in [1.165, 1.54) is 0 Å². The van der Waals surface area contributed by atoms with Crippen LogP contribution in [0.5, 0.6) is 0 Å². The molecule has 1 aliphatic heterocycles. The molecule has 0 bridgehead atoms. The predicted molar refractivity (Wildman–Crippen MR) is 112 cm³/mol. The zero-order valence-corrected chi connectivity index (χ0v) is 17.4. The van der Waals surface area contributed by atoms with Gasteiger partial charge in [0.05, 0.1) is 13.1 Å². The SMILES string of the molecule is CN=C(NCc1nc(-c2ccc(Cl)cc2)no1)NC1CCN(CC(=O)NC)CC1. The Hall–Kier alpha value is -2.65. The molecule has 29 heavy (non-hydrogen) atoms. The Morgan fingerprint density at radius 3 is 2.69 bits per heavy atom. The lowest BCUT2D eigenvalue weighted by Gasteiger charge is -2.32. The fourth-order valence-electron chi connectivity index (χ4n) is 3.11. The summed E-state index contributed by atoms with van der Waals surface area (Å²) in [6, 6.07) is 7.57. The Labute approximate surface area is 174 Å². The Kier molecular flexibility index (Phi) is 7.42. The van der Waals surface area contributed by atoms with Crippen molar-refractivity contribution < 1.29 is 9.32 Å². The van der Waals surface area contributed by atoms with Gasteiger partial charge in [-0.25, -0.2) is 0 Å². The summed E-state index contributed by atoms with van der Waals surface area (Å²) in [6.45, 7) is 2.56. The summed E-state index contributed by atoms with van der Waals surface area (Å²) in [6.07, 6.45) is 1.89. The van der Waals surface area contributed by atoms with E-state index in [1.54, 1.807) is 26.2 Å². The van der Waals surface area contributed by atoms with Gasteiger partial charge < -0.3 is 20.5 Å². The van der Waals surface area contributed by atoms with Gasteiger partial charge in [0.1, 0.15) is 0 Å². The molecule has 1 fully saturated rings. The summed E-state index contributed by atoms with van der Waals surface area (Å²) in [7, 11) is 3.39. The normalized spacial score (nSPS) is 15.9. The fourth-order valence-corrected chi connectivity index (χ4v) is 3.23. The number of rotatable bonds is 6. The third-order valence-corrected chi connectivity index (χ3v) is 5.03. The lowest BCUT2D eigenvalue weighted by molar-refractivity contribution is -0.122. The smallest absolute Gasteiger partial charge is 0.246 e. The summed E-state index contributed by atoms with van der Waals surface area (Å²) in [4.78, 5) is 22.3. The van der Waals surface area contributed by atoms with Crippen LogP contribution in [0, 0.1) is 0 Å². The van der Waals surface area contributed by atoms with Crippen LogP contribution >= 0.6 is 11.6 Å². The number of hydrogen-bond donors (Lipinski definition) is 3. The molecule has 0 saturated carbocycles. The first-order chi connectivity index (χ1) is 14.1. The van der Waals surface area contributed by atoms with Crippen molar-refractivity contribution in [3.05, 3.63) is 35.2 Å². The number of piperidine rings is 1. The molecular weight excluding hydrogens is 394 g/mol. The molecule has 10 heteroatoms. The third-order valence-electron chi connectivity index (χ3n) is 4.78. The average molecular weight is 420 g/mol. The first kappa shape index (κ1) is 21.1. The number of benzene rings is 1. The van der Waals surface area contributed by atoms with Crippen molar-refractivity contribution in [1.29, 1.82) is 0 Å². The fraction of sp³-hybridized carbons (Fsp3) is 0.474. The lowest BCUT2D eigenvalue weighted by atomic mass is 10.1. The van der Waals surface area contributed by atoms with Crippen LogP contribution in [0.2, 0.25) is 5.02 Å². The minimum Gasteiger partial charge on any atom is -0.358 e. The molecule has 9 nitrogen and oxygen atoms in total. The number of aromatic nitrogens is 2. The number of amides is 1. The lowest BCUT2D eigenvalue weighted by Crippen LogP contribution is -2.49. The summed E-state index contributed by atoms with van der Waals surface area (Å²) < 4.78 is 5.31. The van der Waals surface area contributed by atoms with Crippen molar-refractivity contribution in [3.8, 4) is 11.4 Å². The van der Waals surface area contributed by atoms with Gasteiger partial charge in [-0.3, -0.25) is 14.7 Å².